The molecule has 4 aromatic rings. The Hall–Kier alpha value is -4.71. The van der Waals surface area contributed by atoms with Gasteiger partial charge in [-0.3, -0.25) is 9.69 Å². The van der Waals surface area contributed by atoms with Crippen molar-refractivity contribution in [2.75, 3.05) is 58.6 Å². The number of likely N-dealkylation sites (N-methyl/N-ethyl adjacent to an activating group) is 1. The predicted octanol–water partition coefficient (Wildman–Crippen LogP) is 2.33. The van der Waals surface area contributed by atoms with Gasteiger partial charge in [0.25, 0.3) is 5.91 Å². The highest BCUT2D eigenvalue weighted by Crippen LogP contribution is 2.50. The van der Waals surface area contributed by atoms with Crippen LogP contribution in [0.2, 0.25) is 0 Å². The number of anilines is 1. The molecule has 210 valence electrons. The molecule has 12 nitrogen and oxygen atoms in total. The van der Waals surface area contributed by atoms with Crippen LogP contribution in [0.15, 0.2) is 54.7 Å². The van der Waals surface area contributed by atoms with Crippen LogP contribution in [-0.4, -0.2) is 94.6 Å². The minimum Gasteiger partial charge on any atom is -0.492 e. The molecular weight excluding hydrogens is 524 g/mol. The highest BCUT2D eigenvalue weighted by molar-refractivity contribution is 5.95. The lowest BCUT2D eigenvalue weighted by molar-refractivity contribution is 0.0746. The summed E-state index contributed by atoms with van der Waals surface area (Å²) in [5, 5.41) is 12.9. The maximum atomic E-state index is 13.5. The number of piperazine rings is 1. The van der Waals surface area contributed by atoms with Crippen molar-refractivity contribution in [3.05, 3.63) is 77.2 Å². The molecule has 2 aromatic carbocycles. The Morgan fingerprint density at radius 3 is 2.71 bits per heavy atom. The Balaban J connectivity index is 1.17. The van der Waals surface area contributed by atoms with Crippen molar-refractivity contribution in [1.29, 1.82) is 0 Å². The largest absolute Gasteiger partial charge is 0.492 e. The van der Waals surface area contributed by atoms with E-state index in [1.165, 1.54) is 0 Å². The summed E-state index contributed by atoms with van der Waals surface area (Å²) in [4.78, 5) is 24.3. The van der Waals surface area contributed by atoms with Crippen molar-refractivity contribution in [2.45, 2.75) is 12.5 Å². The van der Waals surface area contributed by atoms with Crippen LogP contribution in [0.3, 0.4) is 0 Å². The first-order valence-corrected chi connectivity index (χ1v) is 13.7. The van der Waals surface area contributed by atoms with Crippen LogP contribution in [0.4, 0.5) is 5.82 Å². The summed E-state index contributed by atoms with van der Waals surface area (Å²) in [7, 11) is 3.68. The Morgan fingerprint density at radius 2 is 1.90 bits per heavy atom. The molecule has 0 saturated carbocycles. The van der Waals surface area contributed by atoms with Gasteiger partial charge in [0.15, 0.2) is 17.3 Å². The van der Waals surface area contributed by atoms with Gasteiger partial charge in [-0.15, -0.1) is 5.10 Å². The molecule has 5 heterocycles. The second kappa shape index (κ2) is 10.4. The molecule has 1 saturated heterocycles. The van der Waals surface area contributed by atoms with Crippen LogP contribution in [0, 0.1) is 0 Å². The predicted molar refractivity (Wildman–Crippen MR) is 149 cm³/mol. The van der Waals surface area contributed by atoms with Crippen molar-refractivity contribution in [1.82, 2.24) is 35.0 Å². The van der Waals surface area contributed by atoms with E-state index < -0.39 is 0 Å². The molecule has 0 N–H and O–H groups in total. The van der Waals surface area contributed by atoms with Gasteiger partial charge in [-0.25, -0.2) is 4.98 Å². The number of ether oxygens (including phenoxy) is 3. The highest BCUT2D eigenvalue weighted by Gasteiger charge is 2.38. The number of hydrogen-bond acceptors (Lipinski definition) is 10. The average molecular weight is 555 g/mol. The van der Waals surface area contributed by atoms with Crippen molar-refractivity contribution in [2.24, 2.45) is 0 Å². The third kappa shape index (κ3) is 4.40. The van der Waals surface area contributed by atoms with Gasteiger partial charge in [-0.05, 0) is 65.9 Å². The number of pyridine rings is 1. The number of fused-ring (bicyclic) bond motifs is 2. The number of carbonyl (C=O) groups excluding carboxylic acids is 1. The Morgan fingerprint density at radius 1 is 1.02 bits per heavy atom. The molecule has 7 rings (SSSR count). The maximum absolute atomic E-state index is 13.5. The fourth-order valence-corrected chi connectivity index (χ4v) is 5.94. The van der Waals surface area contributed by atoms with Crippen LogP contribution in [0.5, 0.6) is 17.2 Å². The number of aromatic nitrogens is 5. The SMILES string of the molecule is COc1c2c(cc3c1[C@@H](c1nnnn1-c1cccc(C(=O)N4CCN(c5ccccn5)CC4)c1)N(C)CC3)OCO2. The van der Waals surface area contributed by atoms with Crippen molar-refractivity contribution in [3.63, 3.8) is 0 Å². The van der Waals surface area contributed by atoms with Crippen LogP contribution in [0.1, 0.15) is 33.4 Å². The molecule has 1 fully saturated rings. The zero-order valence-electron chi connectivity index (χ0n) is 22.9. The number of rotatable bonds is 5. The molecular formula is C29H30N8O4. The molecule has 12 heteroatoms. The minimum absolute atomic E-state index is 0.0170. The number of hydrogen-bond donors (Lipinski definition) is 0. The second-order valence-electron chi connectivity index (χ2n) is 10.3. The Labute approximate surface area is 237 Å². The van der Waals surface area contributed by atoms with E-state index in [2.05, 4.69) is 30.3 Å². The van der Waals surface area contributed by atoms with Gasteiger partial charge in [-0.2, -0.15) is 4.68 Å². The summed E-state index contributed by atoms with van der Waals surface area (Å²) in [6.45, 7) is 3.66. The molecule has 0 spiro atoms. The molecule has 0 bridgehead atoms. The smallest absolute Gasteiger partial charge is 0.254 e. The van der Waals surface area contributed by atoms with Crippen molar-refractivity contribution in [3.8, 4) is 22.9 Å². The van der Waals surface area contributed by atoms with Gasteiger partial charge in [0.1, 0.15) is 11.9 Å². The van der Waals surface area contributed by atoms with E-state index in [0.29, 0.717) is 47.4 Å². The van der Waals surface area contributed by atoms with Gasteiger partial charge in [-0.1, -0.05) is 12.1 Å². The van der Waals surface area contributed by atoms with Gasteiger partial charge >= 0.3 is 0 Å². The normalized spacial score (nSPS) is 18.3. The minimum atomic E-state index is -0.294. The number of amides is 1. The van der Waals surface area contributed by atoms with Gasteiger partial charge in [0.2, 0.25) is 12.5 Å². The summed E-state index contributed by atoms with van der Waals surface area (Å²) >= 11 is 0. The van der Waals surface area contributed by atoms with Crippen LogP contribution in [0.25, 0.3) is 5.69 Å². The van der Waals surface area contributed by atoms with Gasteiger partial charge in [0, 0.05) is 50.0 Å². The van der Waals surface area contributed by atoms with Crippen molar-refractivity contribution >= 4 is 11.7 Å². The highest BCUT2D eigenvalue weighted by atomic mass is 16.7. The van der Waals surface area contributed by atoms with Crippen LogP contribution < -0.4 is 19.1 Å². The first-order valence-electron chi connectivity index (χ1n) is 13.7. The fourth-order valence-electron chi connectivity index (χ4n) is 5.94. The molecule has 3 aliphatic rings. The molecule has 2 aromatic heterocycles. The average Bonchev–Trinajstić information content (AvgIpc) is 3.70. The first kappa shape index (κ1) is 25.3. The molecule has 3 aliphatic heterocycles. The molecule has 0 unspecified atom stereocenters. The maximum Gasteiger partial charge on any atom is 0.254 e. The summed E-state index contributed by atoms with van der Waals surface area (Å²) in [5.41, 5.74) is 3.37. The summed E-state index contributed by atoms with van der Waals surface area (Å²) < 4.78 is 19.0. The Kier molecular flexibility index (Phi) is 6.38. The summed E-state index contributed by atoms with van der Waals surface area (Å²) in [6.07, 6.45) is 2.62. The van der Waals surface area contributed by atoms with Crippen LogP contribution in [-0.2, 0) is 6.42 Å². The molecule has 1 atom stereocenters. The van der Waals surface area contributed by atoms with Gasteiger partial charge in [0.05, 0.1) is 12.8 Å². The number of tetrazole rings is 1. The summed E-state index contributed by atoms with van der Waals surface area (Å²) in [5.74, 6) is 3.46. The lowest BCUT2D eigenvalue weighted by Crippen LogP contribution is -2.49. The lowest BCUT2D eigenvalue weighted by atomic mass is 9.90. The third-order valence-electron chi connectivity index (χ3n) is 8.01. The number of benzene rings is 2. The fraction of sp³-hybridized carbons (Fsp3) is 0.345. The zero-order chi connectivity index (χ0) is 27.9. The molecule has 1 amide bonds. The third-order valence-corrected chi connectivity index (χ3v) is 8.01. The lowest BCUT2D eigenvalue weighted by Gasteiger charge is -2.35. The molecule has 0 radical (unpaired) electrons. The van der Waals surface area contributed by atoms with Crippen molar-refractivity contribution < 1.29 is 19.0 Å². The summed E-state index contributed by atoms with van der Waals surface area (Å²) in [6, 6.07) is 15.1. The van der Waals surface area contributed by atoms with E-state index in [1.807, 2.05) is 60.5 Å². The van der Waals surface area contributed by atoms with Crippen LogP contribution >= 0.6 is 0 Å². The monoisotopic (exact) mass is 554 g/mol. The molecule has 0 aliphatic carbocycles. The van der Waals surface area contributed by atoms with Gasteiger partial charge < -0.3 is 24.0 Å². The van der Waals surface area contributed by atoms with E-state index >= 15 is 0 Å². The molecule has 41 heavy (non-hydrogen) atoms. The zero-order valence-corrected chi connectivity index (χ0v) is 22.9. The number of nitrogens with zero attached hydrogens (tertiary/aromatic N) is 8. The number of methoxy groups -OCH3 is 1. The second-order valence-corrected chi connectivity index (χ2v) is 10.3. The quantitative estimate of drug-likeness (QED) is 0.365. The standard InChI is InChI=1S/C29H30N8O4/c1-34-11-9-19-17-22-26(41-18-40-22)27(39-2)24(19)25(34)28-31-32-33-37(28)21-7-5-6-20(16-21)29(38)36-14-12-35(13-15-36)23-8-3-4-10-30-23/h3-8,10,16-17,25H,9,11-15,18H2,1-2H3/t25-/m0/s1. The first-order chi connectivity index (χ1) is 20.1. The van der Waals surface area contributed by atoms with E-state index in [1.54, 1.807) is 18.0 Å². The van der Waals surface area contributed by atoms with E-state index in [0.717, 1.165) is 43.0 Å². The van der Waals surface area contributed by atoms with E-state index in [-0.39, 0.29) is 18.7 Å². The topological polar surface area (TPSA) is 111 Å². The van der Waals surface area contributed by atoms with E-state index in [4.69, 9.17) is 14.2 Å². The van der Waals surface area contributed by atoms with E-state index in [9.17, 15) is 4.79 Å². The Bertz CT molecular complexity index is 1590. The number of carbonyl (C=O) groups is 1.